The van der Waals surface area contributed by atoms with Crippen molar-refractivity contribution in [1.29, 1.82) is 0 Å². The molecule has 0 aromatic rings. The van der Waals surface area contributed by atoms with Gasteiger partial charge in [0.05, 0.1) is 13.2 Å². The first-order valence-corrected chi connectivity index (χ1v) is 3.00. The van der Waals surface area contributed by atoms with Crippen molar-refractivity contribution in [2.45, 2.75) is 6.42 Å². The lowest BCUT2D eigenvalue weighted by Gasteiger charge is -1.98. The maximum Gasteiger partial charge on any atom is 0.223 e. The van der Waals surface area contributed by atoms with Crippen molar-refractivity contribution in [3.63, 3.8) is 0 Å². The molecule has 0 saturated carbocycles. The molecular weight excluding hydrogens is 130 g/mol. The monoisotopic (exact) mass is 141 g/mol. The van der Waals surface area contributed by atoms with Gasteiger partial charge in [0.25, 0.3) is 0 Å². The van der Waals surface area contributed by atoms with Gasteiger partial charge in [0.2, 0.25) is 5.91 Å². The first-order chi connectivity index (χ1) is 4.81. The second-order valence-electron chi connectivity index (χ2n) is 1.72. The first kappa shape index (κ1) is 8.99. The Morgan fingerprint density at radius 2 is 2.50 bits per heavy atom. The van der Waals surface area contributed by atoms with Crippen LogP contribution in [-0.2, 0) is 9.53 Å². The maximum atomic E-state index is 10.7. The molecule has 3 heteroatoms. The topological polar surface area (TPSA) is 38.3 Å². The van der Waals surface area contributed by atoms with Crippen molar-refractivity contribution in [1.82, 2.24) is 5.32 Å². The molecular formula is C7H11NO2. The van der Waals surface area contributed by atoms with Crippen LogP contribution in [0.15, 0.2) is 0 Å². The van der Waals surface area contributed by atoms with Crippen LogP contribution in [0.1, 0.15) is 6.42 Å². The number of nitrogens with one attached hydrogen (secondary N) is 1. The molecule has 0 aliphatic heterocycles. The van der Waals surface area contributed by atoms with Crippen LogP contribution in [0.3, 0.4) is 0 Å². The summed E-state index contributed by atoms with van der Waals surface area (Å²) in [7, 11) is 1.55. The summed E-state index contributed by atoms with van der Waals surface area (Å²) in [5, 5.41) is 2.51. The fourth-order valence-electron chi connectivity index (χ4n) is 0.433. The SMILES string of the molecule is C#CCNC(=O)CCOC. The van der Waals surface area contributed by atoms with Crippen molar-refractivity contribution in [2.75, 3.05) is 20.3 Å². The fraction of sp³-hybridized carbons (Fsp3) is 0.571. The van der Waals surface area contributed by atoms with E-state index in [2.05, 4.69) is 16.0 Å². The predicted molar refractivity (Wildman–Crippen MR) is 38.3 cm³/mol. The Bertz CT molecular complexity index is 137. The van der Waals surface area contributed by atoms with Gasteiger partial charge in [-0.25, -0.2) is 0 Å². The van der Waals surface area contributed by atoms with Crippen LogP contribution in [0.25, 0.3) is 0 Å². The molecule has 56 valence electrons. The first-order valence-electron chi connectivity index (χ1n) is 3.00. The number of hydrogen-bond donors (Lipinski definition) is 1. The van der Waals surface area contributed by atoms with Gasteiger partial charge in [0.15, 0.2) is 0 Å². The molecule has 0 rings (SSSR count). The molecule has 0 aromatic carbocycles. The largest absolute Gasteiger partial charge is 0.384 e. The zero-order valence-corrected chi connectivity index (χ0v) is 6.02. The van der Waals surface area contributed by atoms with Crippen molar-refractivity contribution in [3.05, 3.63) is 0 Å². The molecule has 10 heavy (non-hydrogen) atoms. The highest BCUT2D eigenvalue weighted by molar-refractivity contribution is 5.76. The van der Waals surface area contributed by atoms with Crippen LogP contribution < -0.4 is 5.32 Å². The number of amides is 1. The van der Waals surface area contributed by atoms with Crippen molar-refractivity contribution in [3.8, 4) is 12.3 Å². The second-order valence-corrected chi connectivity index (χ2v) is 1.72. The van der Waals surface area contributed by atoms with Crippen LogP contribution >= 0.6 is 0 Å². The molecule has 0 fully saturated rings. The van der Waals surface area contributed by atoms with E-state index in [0.717, 1.165) is 0 Å². The summed E-state index contributed by atoms with van der Waals surface area (Å²) in [5.41, 5.74) is 0. The van der Waals surface area contributed by atoms with E-state index < -0.39 is 0 Å². The van der Waals surface area contributed by atoms with Crippen LogP contribution in [-0.4, -0.2) is 26.2 Å². The van der Waals surface area contributed by atoms with Gasteiger partial charge >= 0.3 is 0 Å². The van der Waals surface area contributed by atoms with Crippen molar-refractivity contribution < 1.29 is 9.53 Å². The highest BCUT2D eigenvalue weighted by Gasteiger charge is 1.96. The molecule has 0 atom stereocenters. The molecule has 0 radical (unpaired) electrons. The smallest absolute Gasteiger partial charge is 0.223 e. The van der Waals surface area contributed by atoms with Gasteiger partial charge in [-0.1, -0.05) is 5.92 Å². The zero-order valence-electron chi connectivity index (χ0n) is 6.02. The predicted octanol–water partition coefficient (Wildman–Crippen LogP) is -0.228. The van der Waals surface area contributed by atoms with E-state index in [1.54, 1.807) is 7.11 Å². The molecule has 0 saturated heterocycles. The molecule has 3 nitrogen and oxygen atoms in total. The number of hydrogen-bond acceptors (Lipinski definition) is 2. The van der Waals surface area contributed by atoms with E-state index in [-0.39, 0.29) is 5.91 Å². The average molecular weight is 141 g/mol. The third-order valence-electron chi connectivity index (χ3n) is 0.921. The van der Waals surface area contributed by atoms with Crippen molar-refractivity contribution >= 4 is 5.91 Å². The molecule has 0 aliphatic carbocycles. The third kappa shape index (κ3) is 5.13. The molecule has 0 aliphatic rings. The molecule has 1 amide bonds. The van der Waals surface area contributed by atoms with Gasteiger partial charge in [0, 0.05) is 13.5 Å². The summed E-state index contributed by atoms with van der Waals surface area (Å²) in [5.74, 6) is 2.23. The molecule has 0 heterocycles. The Kier molecular flexibility index (Phi) is 5.50. The minimum atomic E-state index is -0.0696. The lowest BCUT2D eigenvalue weighted by atomic mass is 10.4. The number of ether oxygens (including phenoxy) is 1. The van der Waals surface area contributed by atoms with Gasteiger partial charge in [-0.3, -0.25) is 4.79 Å². The molecule has 0 bridgehead atoms. The maximum absolute atomic E-state index is 10.7. The van der Waals surface area contributed by atoms with Gasteiger partial charge < -0.3 is 10.1 Å². The summed E-state index contributed by atoms with van der Waals surface area (Å²) in [4.78, 5) is 10.7. The number of carbonyl (C=O) groups excluding carboxylic acids is 1. The highest BCUT2D eigenvalue weighted by atomic mass is 16.5. The second kappa shape index (κ2) is 6.12. The summed E-state index contributed by atoms with van der Waals surface area (Å²) < 4.78 is 4.68. The Hall–Kier alpha value is -1.01. The third-order valence-corrected chi connectivity index (χ3v) is 0.921. The number of methoxy groups -OCH3 is 1. The summed E-state index contributed by atoms with van der Waals surface area (Å²) >= 11 is 0. The molecule has 0 aromatic heterocycles. The Morgan fingerprint density at radius 3 is 3.00 bits per heavy atom. The minimum absolute atomic E-state index is 0.0696. The van der Waals surface area contributed by atoms with E-state index in [4.69, 9.17) is 6.42 Å². The standard InChI is InChI=1S/C7H11NO2/c1-3-5-8-7(9)4-6-10-2/h1H,4-6H2,2H3,(H,8,9). The lowest BCUT2D eigenvalue weighted by molar-refractivity contribution is -0.121. The molecule has 0 spiro atoms. The van der Waals surface area contributed by atoms with E-state index in [1.807, 2.05) is 0 Å². The van der Waals surface area contributed by atoms with E-state index in [1.165, 1.54) is 0 Å². The summed E-state index contributed by atoms with van der Waals surface area (Å²) in [6.45, 7) is 0.735. The molecule has 0 unspecified atom stereocenters. The quantitative estimate of drug-likeness (QED) is 0.549. The summed E-state index contributed by atoms with van der Waals surface area (Å²) in [6, 6.07) is 0. The van der Waals surface area contributed by atoms with Gasteiger partial charge in [-0.2, -0.15) is 0 Å². The average Bonchev–Trinajstić information content (AvgIpc) is 1.97. The van der Waals surface area contributed by atoms with E-state index in [0.29, 0.717) is 19.6 Å². The fourth-order valence-corrected chi connectivity index (χ4v) is 0.433. The van der Waals surface area contributed by atoms with Crippen molar-refractivity contribution in [2.24, 2.45) is 0 Å². The summed E-state index contributed by atoms with van der Waals surface area (Å²) in [6.07, 6.45) is 5.28. The van der Waals surface area contributed by atoms with Gasteiger partial charge in [0.1, 0.15) is 0 Å². The minimum Gasteiger partial charge on any atom is -0.384 e. The Morgan fingerprint density at radius 1 is 1.80 bits per heavy atom. The normalized spacial score (nSPS) is 8.40. The number of rotatable bonds is 4. The highest BCUT2D eigenvalue weighted by Crippen LogP contribution is 1.78. The van der Waals surface area contributed by atoms with Gasteiger partial charge in [-0.15, -0.1) is 6.42 Å². The zero-order chi connectivity index (χ0) is 7.82. The van der Waals surface area contributed by atoms with Crippen LogP contribution in [0.5, 0.6) is 0 Å². The Balaban J connectivity index is 3.19. The van der Waals surface area contributed by atoms with E-state index in [9.17, 15) is 4.79 Å². The number of carbonyl (C=O) groups is 1. The Labute approximate surface area is 60.8 Å². The van der Waals surface area contributed by atoms with Crippen LogP contribution in [0.2, 0.25) is 0 Å². The van der Waals surface area contributed by atoms with E-state index >= 15 is 0 Å². The van der Waals surface area contributed by atoms with Crippen LogP contribution in [0.4, 0.5) is 0 Å². The van der Waals surface area contributed by atoms with Crippen LogP contribution in [0, 0.1) is 12.3 Å². The van der Waals surface area contributed by atoms with Gasteiger partial charge in [-0.05, 0) is 0 Å². The molecule has 1 N–H and O–H groups in total. The number of terminal acetylenes is 1. The lowest BCUT2D eigenvalue weighted by Crippen LogP contribution is -2.24.